The molecule has 0 spiro atoms. The largest absolute Gasteiger partial charge is 0.480 e. The number of aryl methyl sites for hydroxylation is 2. The molecular formula is C12H19N3O2. The highest BCUT2D eigenvalue weighted by Gasteiger charge is 2.19. The molecule has 5 nitrogen and oxygen atoms in total. The molecule has 2 N–H and O–H groups in total. The molecule has 0 aromatic carbocycles. The molecule has 17 heavy (non-hydrogen) atoms. The van der Waals surface area contributed by atoms with Crippen LogP contribution in [-0.2, 0) is 4.79 Å². The molecule has 0 unspecified atom stereocenters. The molecule has 1 aromatic rings. The van der Waals surface area contributed by atoms with E-state index in [1.165, 1.54) is 0 Å². The monoisotopic (exact) mass is 237 g/mol. The van der Waals surface area contributed by atoms with Gasteiger partial charge in [-0.3, -0.25) is 0 Å². The molecule has 0 aliphatic rings. The van der Waals surface area contributed by atoms with Crippen molar-refractivity contribution in [1.82, 2.24) is 9.97 Å². The molecule has 0 amide bonds. The van der Waals surface area contributed by atoms with E-state index < -0.39 is 12.0 Å². The molecule has 0 aliphatic carbocycles. The summed E-state index contributed by atoms with van der Waals surface area (Å²) < 4.78 is 0. The Morgan fingerprint density at radius 3 is 2.29 bits per heavy atom. The number of nitrogens with zero attached hydrogens (tertiary/aromatic N) is 2. The van der Waals surface area contributed by atoms with Crippen molar-refractivity contribution in [2.75, 3.05) is 5.32 Å². The summed E-state index contributed by atoms with van der Waals surface area (Å²) in [6.45, 7) is 7.69. The van der Waals surface area contributed by atoms with E-state index >= 15 is 0 Å². The zero-order chi connectivity index (χ0) is 13.0. The quantitative estimate of drug-likeness (QED) is 0.819. The van der Waals surface area contributed by atoms with E-state index in [1.54, 1.807) is 0 Å². The van der Waals surface area contributed by atoms with Gasteiger partial charge in [-0.2, -0.15) is 0 Å². The van der Waals surface area contributed by atoms with Crippen molar-refractivity contribution in [3.63, 3.8) is 0 Å². The summed E-state index contributed by atoms with van der Waals surface area (Å²) in [6, 6.07) is 1.21. The fourth-order valence-electron chi connectivity index (χ4n) is 1.64. The van der Waals surface area contributed by atoms with Crippen LogP contribution < -0.4 is 5.32 Å². The van der Waals surface area contributed by atoms with Gasteiger partial charge >= 0.3 is 5.97 Å². The van der Waals surface area contributed by atoms with Gasteiger partial charge in [-0.1, -0.05) is 13.8 Å². The van der Waals surface area contributed by atoms with Crippen molar-refractivity contribution in [3.8, 4) is 0 Å². The van der Waals surface area contributed by atoms with Crippen LogP contribution in [0.5, 0.6) is 0 Å². The third-order valence-electron chi connectivity index (χ3n) is 2.29. The third-order valence-corrected chi connectivity index (χ3v) is 2.29. The number of hydrogen-bond donors (Lipinski definition) is 2. The lowest BCUT2D eigenvalue weighted by molar-refractivity contribution is -0.138. The minimum atomic E-state index is -0.874. The van der Waals surface area contributed by atoms with E-state index in [0.29, 0.717) is 18.3 Å². The van der Waals surface area contributed by atoms with Crippen molar-refractivity contribution in [2.45, 2.75) is 40.2 Å². The summed E-state index contributed by atoms with van der Waals surface area (Å²) in [5.41, 5.74) is 1.65. The molecule has 1 atom stereocenters. The molecule has 1 aromatic heterocycles. The van der Waals surface area contributed by atoms with Crippen molar-refractivity contribution >= 4 is 11.9 Å². The van der Waals surface area contributed by atoms with E-state index in [-0.39, 0.29) is 0 Å². The van der Waals surface area contributed by atoms with Gasteiger partial charge in [0.05, 0.1) is 0 Å². The Morgan fingerprint density at radius 1 is 1.35 bits per heavy atom. The Balaban J connectivity index is 2.82. The van der Waals surface area contributed by atoms with Gasteiger partial charge in [-0.15, -0.1) is 0 Å². The maximum Gasteiger partial charge on any atom is 0.326 e. The van der Waals surface area contributed by atoms with Gasteiger partial charge in [0.25, 0.3) is 0 Å². The van der Waals surface area contributed by atoms with Gasteiger partial charge in [-0.05, 0) is 32.3 Å². The zero-order valence-corrected chi connectivity index (χ0v) is 10.7. The van der Waals surface area contributed by atoms with Gasteiger partial charge in [-0.25, -0.2) is 14.8 Å². The molecule has 0 saturated carbocycles. The molecule has 0 saturated heterocycles. The smallest absolute Gasteiger partial charge is 0.326 e. The van der Waals surface area contributed by atoms with E-state index in [9.17, 15) is 4.79 Å². The number of carbonyl (C=O) groups is 1. The lowest BCUT2D eigenvalue weighted by Crippen LogP contribution is -2.31. The van der Waals surface area contributed by atoms with Gasteiger partial charge in [0.15, 0.2) is 0 Å². The zero-order valence-electron chi connectivity index (χ0n) is 10.7. The summed E-state index contributed by atoms with van der Waals surface area (Å²) in [7, 11) is 0. The summed E-state index contributed by atoms with van der Waals surface area (Å²) >= 11 is 0. The van der Waals surface area contributed by atoms with Crippen LogP contribution in [0.4, 0.5) is 5.95 Å². The van der Waals surface area contributed by atoms with Crippen LogP contribution in [0.25, 0.3) is 0 Å². The summed E-state index contributed by atoms with van der Waals surface area (Å²) in [5, 5.41) is 12.0. The number of anilines is 1. The summed E-state index contributed by atoms with van der Waals surface area (Å²) in [5.74, 6) is -0.188. The molecule has 1 rings (SSSR count). The number of aliphatic carboxylic acids is 1. The topological polar surface area (TPSA) is 75.1 Å². The average molecular weight is 237 g/mol. The van der Waals surface area contributed by atoms with Crippen molar-refractivity contribution in [1.29, 1.82) is 0 Å². The van der Waals surface area contributed by atoms with E-state index in [0.717, 1.165) is 11.4 Å². The predicted molar refractivity (Wildman–Crippen MR) is 66.0 cm³/mol. The van der Waals surface area contributed by atoms with Gasteiger partial charge in [0.1, 0.15) is 6.04 Å². The first-order chi connectivity index (χ1) is 7.88. The standard InChI is InChI=1S/C12H19N3O2/c1-7(2)5-10(11(16)17)15-12-13-8(3)6-9(4)14-12/h6-7,10H,5H2,1-4H3,(H,16,17)(H,13,14,15)/t10-/m1/s1. The van der Waals surface area contributed by atoms with Crippen LogP contribution in [0.1, 0.15) is 31.7 Å². The second-order valence-electron chi connectivity index (χ2n) is 4.64. The Bertz CT molecular complexity index is 384. The fraction of sp³-hybridized carbons (Fsp3) is 0.583. The first-order valence-corrected chi connectivity index (χ1v) is 5.70. The molecule has 0 aliphatic heterocycles. The van der Waals surface area contributed by atoms with Crippen LogP contribution in [0.3, 0.4) is 0 Å². The molecule has 1 heterocycles. The number of hydrogen-bond acceptors (Lipinski definition) is 4. The fourth-order valence-corrected chi connectivity index (χ4v) is 1.64. The van der Waals surface area contributed by atoms with Crippen molar-refractivity contribution in [2.24, 2.45) is 5.92 Å². The maximum atomic E-state index is 11.1. The van der Waals surface area contributed by atoms with Gasteiger partial charge < -0.3 is 10.4 Å². The summed E-state index contributed by atoms with van der Waals surface area (Å²) in [6.07, 6.45) is 0.547. The Hall–Kier alpha value is -1.65. The highest BCUT2D eigenvalue weighted by Crippen LogP contribution is 2.11. The molecule has 5 heteroatoms. The molecule has 94 valence electrons. The third kappa shape index (κ3) is 4.38. The highest BCUT2D eigenvalue weighted by molar-refractivity contribution is 5.76. The maximum absolute atomic E-state index is 11.1. The van der Waals surface area contributed by atoms with E-state index in [4.69, 9.17) is 5.11 Å². The minimum Gasteiger partial charge on any atom is -0.480 e. The summed E-state index contributed by atoms with van der Waals surface area (Å²) in [4.78, 5) is 19.4. The SMILES string of the molecule is Cc1cc(C)nc(N[C@H](CC(C)C)C(=O)O)n1. The number of carboxylic acids is 1. The highest BCUT2D eigenvalue weighted by atomic mass is 16.4. The average Bonchev–Trinajstić information content (AvgIpc) is 2.13. The Labute approximate surface area is 101 Å². The van der Waals surface area contributed by atoms with Crippen LogP contribution in [0.2, 0.25) is 0 Å². The number of aromatic nitrogens is 2. The molecule has 0 radical (unpaired) electrons. The first kappa shape index (κ1) is 13.4. The minimum absolute atomic E-state index is 0.300. The Kier molecular flexibility index (Phi) is 4.43. The van der Waals surface area contributed by atoms with Crippen LogP contribution in [-0.4, -0.2) is 27.1 Å². The predicted octanol–water partition coefficient (Wildman–Crippen LogP) is 2.00. The number of carboxylic acid groups (broad SMARTS) is 1. The van der Waals surface area contributed by atoms with E-state index in [2.05, 4.69) is 15.3 Å². The molecular weight excluding hydrogens is 218 g/mol. The second-order valence-corrected chi connectivity index (χ2v) is 4.64. The molecule has 0 fully saturated rings. The van der Waals surface area contributed by atoms with Crippen LogP contribution in [0.15, 0.2) is 6.07 Å². The normalized spacial score (nSPS) is 12.5. The van der Waals surface area contributed by atoms with Crippen LogP contribution >= 0.6 is 0 Å². The molecule has 0 bridgehead atoms. The van der Waals surface area contributed by atoms with Gasteiger partial charge in [0, 0.05) is 11.4 Å². The van der Waals surface area contributed by atoms with Crippen LogP contribution in [0, 0.1) is 19.8 Å². The van der Waals surface area contributed by atoms with E-state index in [1.807, 2.05) is 33.8 Å². The second kappa shape index (κ2) is 5.61. The number of rotatable bonds is 5. The van der Waals surface area contributed by atoms with Crippen molar-refractivity contribution in [3.05, 3.63) is 17.5 Å². The lowest BCUT2D eigenvalue weighted by atomic mass is 10.0. The first-order valence-electron chi connectivity index (χ1n) is 5.70. The lowest BCUT2D eigenvalue weighted by Gasteiger charge is -2.16. The number of nitrogens with one attached hydrogen (secondary N) is 1. The Morgan fingerprint density at radius 2 is 1.88 bits per heavy atom. The van der Waals surface area contributed by atoms with Gasteiger partial charge in [0.2, 0.25) is 5.95 Å². The van der Waals surface area contributed by atoms with Crippen molar-refractivity contribution < 1.29 is 9.90 Å².